The van der Waals surface area contributed by atoms with Gasteiger partial charge in [0.15, 0.2) is 24.1 Å². The van der Waals surface area contributed by atoms with Gasteiger partial charge in [-0.3, -0.25) is 19.7 Å². The van der Waals surface area contributed by atoms with E-state index >= 15 is 0 Å². The molecule has 18 heteroatoms. The monoisotopic (exact) mass is 852 g/mol. The summed E-state index contributed by atoms with van der Waals surface area (Å²) in [5, 5.41) is 16.3. The van der Waals surface area contributed by atoms with E-state index in [0.29, 0.717) is 60.7 Å². The highest BCUT2D eigenvalue weighted by atomic mass is 16.7. The molecule has 18 nitrogen and oxygen atoms in total. The SMILES string of the molecule is CC[C@@H]1OC(=O)[C@H](C)[C@H]2OCC(=NOCc3cnc4ccc(N)nc4n3)CO[C@](C)(C[C@@H](C)C3=NCCN4C(=O)O[C@@]1(C)[C@H]4[C@H]3C)[C@@H](O[C@H]1O[C@@H](C)C[C@@H](N(C)C)[C@@H]1O)[C@@H]2C. The number of cyclic esters (lactones) is 1. The maximum absolute atomic E-state index is 14.6. The van der Waals surface area contributed by atoms with E-state index in [-0.39, 0.29) is 43.8 Å². The number of likely N-dealkylation sites (N-methyl/N-ethyl adjacent to an activating group) is 1. The molecule has 4 fully saturated rings. The highest BCUT2D eigenvalue weighted by Crippen LogP contribution is 2.45. The molecule has 4 bridgehead atoms. The van der Waals surface area contributed by atoms with Crippen molar-refractivity contribution in [3.63, 3.8) is 0 Å². The zero-order valence-corrected chi connectivity index (χ0v) is 37.1. The lowest BCUT2D eigenvalue weighted by molar-refractivity contribution is -0.302. The number of carbonyl (C=O) groups excluding carboxylic acids is 2. The molecule has 0 spiro atoms. The Morgan fingerprint density at radius 3 is 2.59 bits per heavy atom. The summed E-state index contributed by atoms with van der Waals surface area (Å²) in [6.45, 7) is 16.3. The Bertz CT molecular complexity index is 1990. The van der Waals surface area contributed by atoms with Crippen LogP contribution in [0.15, 0.2) is 28.5 Å². The average Bonchev–Trinajstić information content (AvgIpc) is 3.36. The van der Waals surface area contributed by atoms with E-state index in [9.17, 15) is 14.7 Å². The zero-order chi connectivity index (χ0) is 44.0. The maximum atomic E-state index is 14.6. The van der Waals surface area contributed by atoms with Gasteiger partial charge in [-0.05, 0) is 79.1 Å². The average molecular weight is 853 g/mol. The number of oxime groups is 1. The van der Waals surface area contributed by atoms with E-state index in [1.165, 1.54) is 0 Å². The quantitative estimate of drug-likeness (QED) is 0.300. The number of nitrogens with zero attached hydrogens (tertiary/aromatic N) is 7. The molecule has 0 aromatic carbocycles. The smallest absolute Gasteiger partial charge is 0.410 e. The van der Waals surface area contributed by atoms with Gasteiger partial charge in [0.2, 0.25) is 0 Å². The second-order valence-electron chi connectivity index (χ2n) is 18.2. The van der Waals surface area contributed by atoms with Gasteiger partial charge in [0.25, 0.3) is 0 Å². The second-order valence-corrected chi connectivity index (χ2v) is 18.2. The van der Waals surface area contributed by atoms with Crippen molar-refractivity contribution in [1.82, 2.24) is 24.8 Å². The first-order valence-corrected chi connectivity index (χ1v) is 21.6. The number of nitrogen functional groups attached to an aromatic ring is 1. The highest BCUT2D eigenvalue weighted by molar-refractivity contribution is 5.91. The van der Waals surface area contributed by atoms with Gasteiger partial charge in [-0.2, -0.15) is 0 Å². The van der Waals surface area contributed by atoms with Crippen LogP contribution in [0.4, 0.5) is 10.6 Å². The number of anilines is 1. The van der Waals surface area contributed by atoms with Crippen molar-refractivity contribution in [3.8, 4) is 0 Å². The number of nitrogens with two attached hydrogens (primary N) is 1. The number of hydrogen-bond donors (Lipinski definition) is 2. The van der Waals surface area contributed by atoms with Crippen molar-refractivity contribution in [1.29, 1.82) is 0 Å². The topological polar surface area (TPSA) is 215 Å². The largest absolute Gasteiger partial charge is 0.458 e. The summed E-state index contributed by atoms with van der Waals surface area (Å²) < 4.78 is 39.8. The Balaban J connectivity index is 1.29. The number of pyridine rings is 1. The number of aliphatic hydroxyl groups is 1. The number of ether oxygens (including phenoxy) is 6. The number of aromatic nitrogens is 3. The summed E-state index contributed by atoms with van der Waals surface area (Å²) in [4.78, 5) is 56.1. The van der Waals surface area contributed by atoms with Gasteiger partial charge in [0, 0.05) is 30.1 Å². The molecule has 2 aromatic rings. The molecule has 0 aliphatic carbocycles. The number of amides is 1. The fourth-order valence-electron chi connectivity index (χ4n) is 10.4. The van der Waals surface area contributed by atoms with Crippen molar-refractivity contribution in [2.75, 3.05) is 46.1 Å². The number of hydrogen-bond acceptors (Lipinski definition) is 17. The zero-order valence-electron chi connectivity index (χ0n) is 37.1. The van der Waals surface area contributed by atoms with E-state index in [0.717, 1.165) is 5.71 Å². The van der Waals surface area contributed by atoms with Gasteiger partial charge in [0.1, 0.15) is 34.9 Å². The molecule has 0 saturated carbocycles. The molecule has 3 N–H and O–H groups in total. The van der Waals surface area contributed by atoms with E-state index in [1.807, 2.05) is 53.6 Å². The minimum atomic E-state index is -1.15. The van der Waals surface area contributed by atoms with Crippen LogP contribution in [-0.4, -0.2) is 154 Å². The van der Waals surface area contributed by atoms with Crippen molar-refractivity contribution in [3.05, 3.63) is 24.0 Å². The second kappa shape index (κ2) is 18.0. The Morgan fingerprint density at radius 2 is 1.85 bits per heavy atom. The minimum Gasteiger partial charge on any atom is -0.458 e. The van der Waals surface area contributed by atoms with Crippen LogP contribution in [0.3, 0.4) is 0 Å². The molecule has 61 heavy (non-hydrogen) atoms. The van der Waals surface area contributed by atoms with Crippen molar-refractivity contribution >= 4 is 40.5 Å². The minimum absolute atomic E-state index is 0.0225. The molecular formula is C43H64N8O10. The van der Waals surface area contributed by atoms with Crippen LogP contribution in [0.5, 0.6) is 0 Å². The fraction of sp³-hybridized carbons (Fsp3) is 0.744. The van der Waals surface area contributed by atoms with Crippen molar-refractivity contribution < 1.29 is 48.0 Å². The Labute approximate surface area is 357 Å². The van der Waals surface area contributed by atoms with Gasteiger partial charge < -0.3 is 49.0 Å². The summed E-state index contributed by atoms with van der Waals surface area (Å²) in [7, 11) is 3.86. The standard InChI is InChI=1S/C43H64N8O10/c1-11-31-43(8)36-24(4)33(45-14-15-51(36)41(54)61-43)22(2)17-42(7)37(60-40-34(52)30(50(9)10)16-23(3)58-40)25(5)35(26(6)39(53)59-31)55-19-28(20-56-42)49-57-21-27-18-46-29-12-13-32(44)48-38(29)47-27/h12-13,18,22-26,30-31,34-37,40,52H,11,14-17,19-21H2,1-10H3,(H2,44,47,48)/t22-,23+,24+,25-,26-,30-,31+,34+,35+,36-,37+,40-,42-,43-/m1/s1. The van der Waals surface area contributed by atoms with E-state index < -0.39 is 71.8 Å². The van der Waals surface area contributed by atoms with E-state index in [4.69, 9.17) is 44.0 Å². The third-order valence-electron chi connectivity index (χ3n) is 13.4. The number of rotatable bonds is 7. The lowest BCUT2D eigenvalue weighted by Gasteiger charge is -2.48. The van der Waals surface area contributed by atoms with Gasteiger partial charge in [-0.25, -0.2) is 14.8 Å². The number of fused-ring (bicyclic) bond motifs is 5. The molecule has 5 aliphatic heterocycles. The molecular weight excluding hydrogens is 789 g/mol. The molecule has 1 amide bonds. The summed E-state index contributed by atoms with van der Waals surface area (Å²) in [5.74, 6) is -2.05. The first kappa shape index (κ1) is 45.0. The van der Waals surface area contributed by atoms with Crippen LogP contribution in [0.1, 0.15) is 80.3 Å². The summed E-state index contributed by atoms with van der Waals surface area (Å²) >= 11 is 0. The lowest BCUT2D eigenvalue weighted by Crippen LogP contribution is -2.60. The first-order chi connectivity index (χ1) is 28.9. The molecule has 14 atom stereocenters. The third kappa shape index (κ3) is 8.93. The fourth-order valence-corrected chi connectivity index (χ4v) is 10.4. The summed E-state index contributed by atoms with van der Waals surface area (Å²) in [6.07, 6.45) is -2.05. The summed E-state index contributed by atoms with van der Waals surface area (Å²) in [6, 6.07) is 2.73. The maximum Gasteiger partial charge on any atom is 0.410 e. The third-order valence-corrected chi connectivity index (χ3v) is 13.4. The molecule has 5 aliphatic rings. The Hall–Kier alpha value is -4.07. The van der Waals surface area contributed by atoms with Gasteiger partial charge in [0.05, 0.1) is 61.8 Å². The van der Waals surface area contributed by atoms with Gasteiger partial charge in [-0.1, -0.05) is 32.9 Å². The predicted octanol–water partition coefficient (Wildman–Crippen LogP) is 3.77. The van der Waals surface area contributed by atoms with Crippen LogP contribution in [0, 0.1) is 23.7 Å². The lowest BCUT2D eigenvalue weighted by atomic mass is 9.72. The number of aliphatic hydroxyl groups excluding tert-OH is 1. The summed E-state index contributed by atoms with van der Waals surface area (Å²) in [5.41, 5.74) is 6.40. The van der Waals surface area contributed by atoms with Crippen LogP contribution in [-0.2, 0) is 44.7 Å². The van der Waals surface area contributed by atoms with E-state index in [1.54, 1.807) is 30.2 Å². The molecule has 0 unspecified atom stereocenters. The molecule has 4 saturated heterocycles. The highest BCUT2D eigenvalue weighted by Gasteiger charge is 2.60. The van der Waals surface area contributed by atoms with Crippen LogP contribution in [0.25, 0.3) is 11.2 Å². The Morgan fingerprint density at radius 1 is 1.08 bits per heavy atom. The predicted molar refractivity (Wildman–Crippen MR) is 224 cm³/mol. The Kier molecular flexibility index (Phi) is 13.2. The van der Waals surface area contributed by atoms with Crippen molar-refractivity contribution in [2.24, 2.45) is 33.8 Å². The number of esters is 1. The molecule has 2 aromatic heterocycles. The molecule has 7 heterocycles. The van der Waals surface area contributed by atoms with Crippen LogP contribution in [0.2, 0.25) is 0 Å². The van der Waals surface area contributed by atoms with Crippen LogP contribution < -0.4 is 5.73 Å². The normalized spacial score (nSPS) is 39.4. The molecule has 7 rings (SSSR count). The molecule has 0 radical (unpaired) electrons. The van der Waals surface area contributed by atoms with Gasteiger partial charge in [-0.15, -0.1) is 0 Å². The number of aliphatic imine (C=N–C) groups is 1. The number of carbonyl (C=O) groups is 2. The van der Waals surface area contributed by atoms with E-state index in [2.05, 4.69) is 34.0 Å². The molecule has 336 valence electrons. The van der Waals surface area contributed by atoms with Gasteiger partial charge >= 0.3 is 12.1 Å². The van der Waals surface area contributed by atoms with Crippen LogP contribution >= 0.6 is 0 Å². The van der Waals surface area contributed by atoms with Crippen molar-refractivity contribution in [2.45, 2.75) is 141 Å². The first-order valence-electron chi connectivity index (χ1n) is 21.6.